The van der Waals surface area contributed by atoms with Gasteiger partial charge in [-0.3, -0.25) is 0 Å². The summed E-state index contributed by atoms with van der Waals surface area (Å²) in [5.41, 5.74) is 12.3. The van der Waals surface area contributed by atoms with Crippen molar-refractivity contribution >= 4 is 6.34 Å². The second-order valence-electron chi connectivity index (χ2n) is 15.9. The molecular weight excluding hydrogens is 574 g/mol. The molecule has 2 aromatic carbocycles. The van der Waals surface area contributed by atoms with Crippen molar-refractivity contribution in [2.45, 2.75) is 149 Å². The fourth-order valence-electron chi connectivity index (χ4n) is 7.85. The van der Waals surface area contributed by atoms with Crippen LogP contribution in [-0.2, 0) is 17.6 Å². The molecule has 6 rings (SSSR count). The molecule has 0 spiro atoms. The molecule has 0 amide bonds. The molecule has 0 saturated carbocycles. The lowest BCUT2D eigenvalue weighted by Gasteiger charge is -2.40. The maximum absolute atomic E-state index is 6.23. The lowest BCUT2D eigenvalue weighted by atomic mass is 9.80. The second kappa shape index (κ2) is 16.6. The van der Waals surface area contributed by atoms with E-state index in [0.29, 0.717) is 18.0 Å². The lowest BCUT2D eigenvalue weighted by molar-refractivity contribution is -0.0746. The van der Waals surface area contributed by atoms with Gasteiger partial charge in [0.05, 0.1) is 18.0 Å². The first-order valence-corrected chi connectivity index (χ1v) is 18.8. The third-order valence-corrected chi connectivity index (χ3v) is 10.5. The van der Waals surface area contributed by atoms with Crippen molar-refractivity contribution in [3.8, 4) is 0 Å². The van der Waals surface area contributed by atoms with E-state index >= 15 is 0 Å². The van der Waals surface area contributed by atoms with Gasteiger partial charge in [0.1, 0.15) is 0 Å². The predicted molar refractivity (Wildman–Crippen MR) is 200 cm³/mol. The van der Waals surface area contributed by atoms with Crippen LogP contribution in [0.25, 0.3) is 0 Å². The van der Waals surface area contributed by atoms with Gasteiger partial charge in [-0.15, -0.1) is 0 Å². The molecule has 0 aromatic heterocycles. The van der Waals surface area contributed by atoms with Gasteiger partial charge in [0.25, 0.3) is 0 Å². The van der Waals surface area contributed by atoms with Crippen molar-refractivity contribution < 1.29 is 4.74 Å². The molecule has 0 unspecified atom stereocenters. The summed E-state index contributed by atoms with van der Waals surface area (Å²) in [5.74, 6) is 0.357. The van der Waals surface area contributed by atoms with Gasteiger partial charge >= 0.3 is 0 Å². The SMILES string of the molecule is Cc1ccc(C[C@@H]2NCCC3=C2CCCC3)cc1.Cc1ccc(C[C@H]2C3=C(CCCC3)CCN2C=N[C@H](OC(C)(C)C)C(C)C)cc1. The highest BCUT2D eigenvalue weighted by molar-refractivity contribution is 5.58. The number of hydrogen-bond acceptors (Lipinski definition) is 3. The first-order valence-electron chi connectivity index (χ1n) is 18.8. The molecule has 2 heterocycles. The van der Waals surface area contributed by atoms with Crippen LogP contribution < -0.4 is 5.32 Å². The molecule has 0 saturated heterocycles. The van der Waals surface area contributed by atoms with E-state index in [-0.39, 0.29) is 11.8 Å². The van der Waals surface area contributed by atoms with Crippen molar-refractivity contribution in [2.75, 3.05) is 13.1 Å². The normalized spacial score (nSPS) is 22.6. The van der Waals surface area contributed by atoms with E-state index < -0.39 is 0 Å². The van der Waals surface area contributed by atoms with Crippen molar-refractivity contribution in [3.05, 3.63) is 93.1 Å². The van der Waals surface area contributed by atoms with E-state index in [1.54, 1.807) is 22.3 Å². The Balaban J connectivity index is 0.000000205. The Morgan fingerprint density at radius 3 is 1.91 bits per heavy atom. The molecule has 0 radical (unpaired) electrons. The zero-order valence-electron chi connectivity index (χ0n) is 30.7. The predicted octanol–water partition coefficient (Wildman–Crippen LogP) is 10.1. The Bertz CT molecular complexity index is 1370. The summed E-state index contributed by atoms with van der Waals surface area (Å²) >= 11 is 0. The van der Waals surface area contributed by atoms with Crippen LogP contribution in [0.15, 0.2) is 75.8 Å². The van der Waals surface area contributed by atoms with Crippen molar-refractivity contribution in [1.82, 2.24) is 10.2 Å². The maximum Gasteiger partial charge on any atom is 0.152 e. The molecule has 3 atom stereocenters. The lowest BCUT2D eigenvalue weighted by Crippen LogP contribution is -2.43. The van der Waals surface area contributed by atoms with Gasteiger partial charge in [-0.05, 0) is 135 Å². The fraction of sp³-hybridized carbons (Fsp3) is 0.605. The second-order valence-corrected chi connectivity index (χ2v) is 15.9. The van der Waals surface area contributed by atoms with Crippen LogP contribution in [0.3, 0.4) is 0 Å². The number of ether oxygens (including phenoxy) is 1. The molecule has 4 aliphatic rings. The van der Waals surface area contributed by atoms with Gasteiger partial charge < -0.3 is 15.0 Å². The topological polar surface area (TPSA) is 36.9 Å². The quantitative estimate of drug-likeness (QED) is 0.178. The smallest absolute Gasteiger partial charge is 0.152 e. The molecule has 4 heteroatoms. The molecule has 2 aliphatic carbocycles. The Morgan fingerprint density at radius 2 is 1.32 bits per heavy atom. The van der Waals surface area contributed by atoms with Gasteiger partial charge in [-0.2, -0.15) is 0 Å². The molecule has 2 aliphatic heterocycles. The van der Waals surface area contributed by atoms with Crippen LogP contribution >= 0.6 is 0 Å². The van der Waals surface area contributed by atoms with E-state index in [0.717, 1.165) is 13.0 Å². The highest BCUT2D eigenvalue weighted by Crippen LogP contribution is 2.36. The van der Waals surface area contributed by atoms with Crippen LogP contribution in [0, 0.1) is 19.8 Å². The average molecular weight is 638 g/mol. The minimum atomic E-state index is -0.186. The Morgan fingerprint density at radius 1 is 0.766 bits per heavy atom. The number of rotatable bonds is 8. The average Bonchev–Trinajstić information content (AvgIpc) is 3.05. The van der Waals surface area contributed by atoms with Crippen molar-refractivity contribution in [2.24, 2.45) is 10.9 Å². The van der Waals surface area contributed by atoms with Crippen LogP contribution in [-0.4, -0.2) is 48.2 Å². The molecule has 47 heavy (non-hydrogen) atoms. The number of benzene rings is 2. The summed E-state index contributed by atoms with van der Waals surface area (Å²) < 4.78 is 6.23. The number of nitrogens with one attached hydrogen (secondary N) is 1. The maximum atomic E-state index is 6.23. The van der Waals surface area contributed by atoms with E-state index in [9.17, 15) is 0 Å². The first kappa shape index (κ1) is 35.6. The van der Waals surface area contributed by atoms with E-state index in [2.05, 4.69) is 114 Å². The third kappa shape index (κ3) is 10.4. The van der Waals surface area contributed by atoms with Crippen LogP contribution in [0.2, 0.25) is 0 Å². The van der Waals surface area contributed by atoms with Gasteiger partial charge in [0.2, 0.25) is 0 Å². The zero-order chi connectivity index (χ0) is 33.4. The standard InChI is InChI=1S/C26H40N2O.C17H23N/c1-19(2)25(29-26(4,5)6)27-18-28-16-15-22-9-7-8-10-23(22)24(28)17-21-13-11-20(3)12-14-21;1-13-6-8-14(9-7-13)12-17-16-5-3-2-4-15(16)10-11-18-17/h11-14,18-19,24-25H,7-10,15-17H2,1-6H3;6-9,17-18H,2-5,10-12H2,1H3/t24-,25+;17-/m00/s1. The molecule has 2 aromatic rings. The summed E-state index contributed by atoms with van der Waals surface area (Å²) in [7, 11) is 0. The minimum absolute atomic E-state index is 0.100. The summed E-state index contributed by atoms with van der Waals surface area (Å²) in [6.45, 7) is 17.3. The highest BCUT2D eigenvalue weighted by atomic mass is 16.5. The molecule has 0 bridgehead atoms. The third-order valence-electron chi connectivity index (χ3n) is 10.5. The van der Waals surface area contributed by atoms with Gasteiger partial charge in [0, 0.05) is 18.5 Å². The number of aliphatic imine (C=N–C) groups is 1. The molecule has 256 valence electrons. The molecule has 1 N–H and O–H groups in total. The Labute approximate surface area is 287 Å². The zero-order valence-corrected chi connectivity index (χ0v) is 30.7. The van der Waals surface area contributed by atoms with E-state index in [1.807, 2.05) is 0 Å². The number of hydrogen-bond donors (Lipinski definition) is 1. The highest BCUT2D eigenvalue weighted by Gasteiger charge is 2.30. The first-order chi connectivity index (χ1) is 22.6. The summed E-state index contributed by atoms with van der Waals surface area (Å²) in [6, 6.07) is 19.1. The van der Waals surface area contributed by atoms with Crippen LogP contribution in [0.1, 0.15) is 121 Å². The molecular formula is C43H63N3O. The van der Waals surface area contributed by atoms with Crippen molar-refractivity contribution in [3.63, 3.8) is 0 Å². The summed E-state index contributed by atoms with van der Waals surface area (Å²) in [6.07, 6.45) is 17.5. The number of aryl methyl sites for hydroxylation is 2. The van der Waals surface area contributed by atoms with Crippen LogP contribution in [0.4, 0.5) is 0 Å². The molecule has 4 nitrogen and oxygen atoms in total. The Kier molecular flexibility index (Phi) is 12.6. The van der Waals surface area contributed by atoms with Crippen LogP contribution in [0.5, 0.6) is 0 Å². The largest absolute Gasteiger partial charge is 0.355 e. The Hall–Kier alpha value is -2.69. The van der Waals surface area contributed by atoms with Crippen molar-refractivity contribution in [1.29, 1.82) is 0 Å². The summed E-state index contributed by atoms with van der Waals surface area (Å²) in [5, 5.41) is 3.72. The summed E-state index contributed by atoms with van der Waals surface area (Å²) in [4.78, 5) is 7.42. The van der Waals surface area contributed by atoms with Gasteiger partial charge in [0.15, 0.2) is 6.23 Å². The minimum Gasteiger partial charge on any atom is -0.355 e. The molecule has 0 fully saturated rings. The monoisotopic (exact) mass is 637 g/mol. The van der Waals surface area contributed by atoms with Gasteiger partial charge in [-0.25, -0.2) is 4.99 Å². The van der Waals surface area contributed by atoms with E-state index in [4.69, 9.17) is 9.73 Å². The fourth-order valence-corrected chi connectivity index (χ4v) is 7.85. The van der Waals surface area contributed by atoms with Gasteiger partial charge in [-0.1, -0.05) is 90.2 Å². The number of nitrogens with zero attached hydrogens (tertiary/aromatic N) is 2. The van der Waals surface area contributed by atoms with E-state index in [1.165, 1.54) is 99.4 Å².